The van der Waals surface area contributed by atoms with Crippen molar-refractivity contribution in [1.29, 1.82) is 0 Å². The summed E-state index contributed by atoms with van der Waals surface area (Å²) in [4.78, 5) is 17.9. The molecule has 1 atom stereocenters. The molecule has 0 spiro atoms. The van der Waals surface area contributed by atoms with Gasteiger partial charge in [-0.2, -0.15) is 4.98 Å². The van der Waals surface area contributed by atoms with Crippen LogP contribution >= 0.6 is 11.8 Å². The molecule has 7 nitrogen and oxygen atoms in total. The van der Waals surface area contributed by atoms with Crippen molar-refractivity contribution in [2.45, 2.75) is 44.8 Å². The SMILES string of the molecule is CCSc1nc2n(n1)[C@H](c1ccc(OC)c(OC)c1)C1=C(CC(C)(C)CC1=O)N2. The highest BCUT2D eigenvalue weighted by molar-refractivity contribution is 7.99. The van der Waals surface area contributed by atoms with Gasteiger partial charge in [-0.3, -0.25) is 4.79 Å². The number of carbonyl (C=O) groups excluding carboxylic acids is 1. The molecule has 2 aromatic rings. The molecule has 1 aliphatic heterocycles. The zero-order chi connectivity index (χ0) is 20.8. The summed E-state index contributed by atoms with van der Waals surface area (Å²) in [5, 5.41) is 8.80. The fourth-order valence-electron chi connectivity index (χ4n) is 4.11. The Kier molecular flexibility index (Phi) is 5.06. The van der Waals surface area contributed by atoms with Crippen LogP contribution in [0.3, 0.4) is 0 Å². The molecule has 1 aliphatic carbocycles. The van der Waals surface area contributed by atoms with E-state index in [2.05, 4.69) is 31.1 Å². The molecular formula is C21H26N4O3S. The average Bonchev–Trinajstić information content (AvgIpc) is 3.07. The van der Waals surface area contributed by atoms with Crippen LogP contribution in [0.1, 0.15) is 45.2 Å². The van der Waals surface area contributed by atoms with Gasteiger partial charge in [0.05, 0.1) is 14.2 Å². The van der Waals surface area contributed by atoms with Gasteiger partial charge in [-0.15, -0.1) is 5.10 Å². The second-order valence-electron chi connectivity index (χ2n) is 8.07. The van der Waals surface area contributed by atoms with Crippen LogP contribution in [0.2, 0.25) is 0 Å². The maximum absolute atomic E-state index is 13.2. The second kappa shape index (κ2) is 7.40. The van der Waals surface area contributed by atoms with Crippen molar-refractivity contribution < 1.29 is 14.3 Å². The van der Waals surface area contributed by atoms with Crippen LogP contribution in [0.5, 0.6) is 11.5 Å². The summed E-state index contributed by atoms with van der Waals surface area (Å²) in [5.41, 5.74) is 2.54. The third kappa shape index (κ3) is 3.50. The highest BCUT2D eigenvalue weighted by atomic mass is 32.2. The Morgan fingerprint density at radius 3 is 2.69 bits per heavy atom. The first-order chi connectivity index (χ1) is 13.9. The zero-order valence-electron chi connectivity index (χ0n) is 17.4. The summed E-state index contributed by atoms with van der Waals surface area (Å²) < 4.78 is 12.7. The first-order valence-corrected chi connectivity index (χ1v) is 10.7. The first-order valence-electron chi connectivity index (χ1n) is 9.71. The number of rotatable bonds is 5. The van der Waals surface area contributed by atoms with E-state index in [1.54, 1.807) is 26.0 Å². The van der Waals surface area contributed by atoms with Gasteiger partial charge in [0.25, 0.3) is 0 Å². The van der Waals surface area contributed by atoms with E-state index in [1.165, 1.54) is 0 Å². The maximum Gasteiger partial charge on any atom is 0.227 e. The van der Waals surface area contributed by atoms with Gasteiger partial charge >= 0.3 is 0 Å². The molecule has 0 fully saturated rings. The van der Waals surface area contributed by atoms with Crippen molar-refractivity contribution in [3.63, 3.8) is 0 Å². The predicted molar refractivity (Wildman–Crippen MR) is 113 cm³/mol. The molecular weight excluding hydrogens is 388 g/mol. The number of Topliss-reactive ketones (excluding diaryl/α,β-unsaturated/α-hetero) is 1. The van der Waals surface area contributed by atoms with Crippen LogP contribution in [0.4, 0.5) is 5.95 Å². The number of fused-ring (bicyclic) bond motifs is 1. The molecule has 29 heavy (non-hydrogen) atoms. The summed E-state index contributed by atoms with van der Waals surface area (Å²) in [6.45, 7) is 6.32. The van der Waals surface area contributed by atoms with Gasteiger partial charge in [-0.05, 0) is 35.3 Å². The van der Waals surface area contributed by atoms with Gasteiger partial charge in [-0.25, -0.2) is 4.68 Å². The fraction of sp³-hybridized carbons (Fsp3) is 0.476. The van der Waals surface area contributed by atoms with Gasteiger partial charge in [-0.1, -0.05) is 38.6 Å². The largest absolute Gasteiger partial charge is 0.493 e. The molecule has 0 unspecified atom stereocenters. The lowest BCUT2D eigenvalue weighted by Crippen LogP contribution is -2.36. The summed E-state index contributed by atoms with van der Waals surface area (Å²) in [6, 6.07) is 5.41. The van der Waals surface area contributed by atoms with E-state index in [0.29, 0.717) is 29.0 Å². The molecule has 1 aromatic heterocycles. The van der Waals surface area contributed by atoms with Crippen LogP contribution in [-0.4, -0.2) is 40.5 Å². The van der Waals surface area contributed by atoms with Gasteiger partial charge in [0.15, 0.2) is 17.3 Å². The highest BCUT2D eigenvalue weighted by Crippen LogP contribution is 2.46. The van der Waals surface area contributed by atoms with E-state index in [-0.39, 0.29) is 17.2 Å². The fourth-order valence-corrected chi connectivity index (χ4v) is 4.67. The van der Waals surface area contributed by atoms with Crippen molar-refractivity contribution in [2.75, 3.05) is 25.3 Å². The zero-order valence-corrected chi connectivity index (χ0v) is 18.2. The molecule has 1 aromatic carbocycles. The normalized spacial score (nSPS) is 20.0. The van der Waals surface area contributed by atoms with E-state index in [4.69, 9.17) is 14.6 Å². The number of nitrogens with zero attached hydrogens (tertiary/aromatic N) is 3. The van der Waals surface area contributed by atoms with Crippen LogP contribution in [0, 0.1) is 5.41 Å². The number of hydrogen-bond donors (Lipinski definition) is 1. The molecule has 0 amide bonds. The van der Waals surface area contributed by atoms with Crippen molar-refractivity contribution in [3.8, 4) is 11.5 Å². The summed E-state index contributed by atoms with van der Waals surface area (Å²) in [7, 11) is 3.22. The Balaban J connectivity index is 1.89. The predicted octanol–water partition coefficient (Wildman–Crippen LogP) is 4.07. The number of anilines is 1. The van der Waals surface area contributed by atoms with Crippen molar-refractivity contribution >= 4 is 23.5 Å². The number of benzene rings is 1. The lowest BCUT2D eigenvalue weighted by atomic mass is 9.73. The van der Waals surface area contributed by atoms with Gasteiger partial charge in [0, 0.05) is 17.7 Å². The number of ketones is 1. The Bertz CT molecular complexity index is 996. The van der Waals surface area contributed by atoms with Crippen LogP contribution in [-0.2, 0) is 4.79 Å². The van der Waals surface area contributed by atoms with E-state index < -0.39 is 0 Å². The molecule has 2 heterocycles. The quantitative estimate of drug-likeness (QED) is 0.739. The van der Waals surface area contributed by atoms with E-state index in [0.717, 1.165) is 29.0 Å². The van der Waals surface area contributed by atoms with Crippen LogP contribution < -0.4 is 14.8 Å². The Labute approximate surface area is 174 Å². The number of aromatic nitrogens is 3. The maximum atomic E-state index is 13.2. The molecule has 2 aliphatic rings. The smallest absolute Gasteiger partial charge is 0.227 e. The molecule has 154 valence electrons. The van der Waals surface area contributed by atoms with E-state index >= 15 is 0 Å². The number of methoxy groups -OCH3 is 2. The van der Waals surface area contributed by atoms with Crippen LogP contribution in [0.15, 0.2) is 34.6 Å². The minimum atomic E-state index is -0.344. The number of thioether (sulfide) groups is 1. The van der Waals surface area contributed by atoms with Crippen LogP contribution in [0.25, 0.3) is 0 Å². The topological polar surface area (TPSA) is 78.3 Å². The summed E-state index contributed by atoms with van der Waals surface area (Å²) in [6.07, 6.45) is 1.30. The van der Waals surface area contributed by atoms with E-state index in [9.17, 15) is 4.79 Å². The number of hydrogen-bond acceptors (Lipinski definition) is 7. The molecule has 8 heteroatoms. The first kappa shape index (κ1) is 19.8. The third-order valence-electron chi connectivity index (χ3n) is 5.31. The molecule has 0 bridgehead atoms. The van der Waals surface area contributed by atoms with Crippen molar-refractivity contribution in [2.24, 2.45) is 5.41 Å². The number of carbonyl (C=O) groups is 1. The Hall–Kier alpha value is -2.48. The lowest BCUT2D eigenvalue weighted by Gasteiger charge is -2.38. The molecule has 0 saturated carbocycles. The summed E-state index contributed by atoms with van der Waals surface area (Å²) in [5.74, 6) is 2.97. The van der Waals surface area contributed by atoms with Gasteiger partial charge in [0.2, 0.25) is 11.1 Å². The standard InChI is InChI=1S/C21H26N4O3S/c1-6-29-20-23-19-22-13-10-21(2,3)11-14(26)17(13)18(25(19)24-20)12-7-8-15(27-4)16(9-12)28-5/h7-9,18H,6,10-11H2,1-5H3,(H,22,23,24)/t18-/m1/s1. The Morgan fingerprint density at radius 1 is 1.24 bits per heavy atom. The van der Waals surface area contributed by atoms with Gasteiger partial charge in [0.1, 0.15) is 6.04 Å². The number of allylic oxidation sites excluding steroid dienone is 2. The molecule has 0 saturated heterocycles. The van der Waals surface area contributed by atoms with Crippen molar-refractivity contribution in [1.82, 2.24) is 14.8 Å². The van der Waals surface area contributed by atoms with Crippen molar-refractivity contribution in [3.05, 3.63) is 35.0 Å². The lowest BCUT2D eigenvalue weighted by molar-refractivity contribution is -0.118. The highest BCUT2D eigenvalue weighted by Gasteiger charge is 2.42. The average molecular weight is 415 g/mol. The van der Waals surface area contributed by atoms with Gasteiger partial charge < -0.3 is 14.8 Å². The third-order valence-corrected chi connectivity index (χ3v) is 6.03. The minimum absolute atomic E-state index is 0.0890. The molecule has 4 rings (SSSR count). The second-order valence-corrected chi connectivity index (χ2v) is 9.30. The Morgan fingerprint density at radius 2 is 2.00 bits per heavy atom. The molecule has 1 N–H and O–H groups in total. The molecule has 0 radical (unpaired) electrons. The monoisotopic (exact) mass is 414 g/mol. The summed E-state index contributed by atoms with van der Waals surface area (Å²) >= 11 is 1.58. The number of nitrogens with one attached hydrogen (secondary N) is 1. The minimum Gasteiger partial charge on any atom is -0.493 e. The number of ether oxygens (including phenoxy) is 2. The van der Waals surface area contributed by atoms with E-state index in [1.807, 2.05) is 22.9 Å².